The van der Waals surface area contributed by atoms with E-state index >= 15 is 0 Å². The summed E-state index contributed by atoms with van der Waals surface area (Å²) in [6.07, 6.45) is 10.8. The topological polar surface area (TPSA) is 38.5 Å². The fraction of sp³-hybridized carbons (Fsp3) is 1.00. The zero-order valence-corrected chi connectivity index (χ0v) is 12.9. The quantitative estimate of drug-likeness (QED) is 0.805. The van der Waals surface area contributed by atoms with Crippen LogP contribution in [0.15, 0.2) is 0 Å². The molecule has 0 amide bonds. The van der Waals surface area contributed by atoms with Crippen LogP contribution in [0.2, 0.25) is 0 Å². The van der Waals surface area contributed by atoms with Crippen molar-refractivity contribution in [2.24, 2.45) is 11.7 Å². The van der Waals surface area contributed by atoms with E-state index in [1.165, 1.54) is 51.4 Å². The number of rotatable bonds is 6. The molecular weight excluding hydrogens is 236 g/mol. The Balaban J connectivity index is 1.82. The number of nitrogens with zero attached hydrogens (tertiary/aromatic N) is 1. The molecule has 1 saturated carbocycles. The van der Waals surface area contributed by atoms with Crippen molar-refractivity contribution in [2.45, 2.75) is 69.9 Å². The van der Waals surface area contributed by atoms with Crippen LogP contribution in [0.4, 0.5) is 0 Å². The summed E-state index contributed by atoms with van der Waals surface area (Å²) in [5.74, 6) is 0.936. The van der Waals surface area contributed by atoms with Gasteiger partial charge in [0.15, 0.2) is 0 Å². The zero-order chi connectivity index (χ0) is 13.7. The minimum atomic E-state index is 0.268. The van der Waals surface area contributed by atoms with E-state index in [0.717, 1.165) is 25.6 Å². The third-order valence-corrected chi connectivity index (χ3v) is 5.61. The van der Waals surface area contributed by atoms with Gasteiger partial charge < -0.3 is 10.5 Å². The van der Waals surface area contributed by atoms with Gasteiger partial charge in [-0.2, -0.15) is 0 Å². The molecule has 1 saturated heterocycles. The van der Waals surface area contributed by atoms with Gasteiger partial charge in [-0.3, -0.25) is 4.90 Å². The Kier molecular flexibility index (Phi) is 5.67. The van der Waals surface area contributed by atoms with Gasteiger partial charge in [0, 0.05) is 25.2 Å². The first-order valence-corrected chi connectivity index (χ1v) is 8.23. The SMILES string of the molecule is CCC1CCC(CN)(N(C)CCC2CCCO2)CC1. The Bertz CT molecular complexity index is 255. The highest BCUT2D eigenvalue weighted by molar-refractivity contribution is 4.94. The number of nitrogens with two attached hydrogens (primary N) is 1. The van der Waals surface area contributed by atoms with Crippen LogP contribution < -0.4 is 5.73 Å². The monoisotopic (exact) mass is 268 g/mol. The molecule has 3 heteroatoms. The minimum absolute atomic E-state index is 0.268. The maximum Gasteiger partial charge on any atom is 0.0588 e. The molecule has 0 aromatic carbocycles. The molecule has 1 unspecified atom stereocenters. The molecule has 1 aliphatic carbocycles. The van der Waals surface area contributed by atoms with Crippen LogP contribution in [0.5, 0.6) is 0 Å². The molecule has 0 bridgehead atoms. The van der Waals surface area contributed by atoms with Gasteiger partial charge in [0.1, 0.15) is 0 Å². The van der Waals surface area contributed by atoms with Gasteiger partial charge in [-0.15, -0.1) is 0 Å². The molecule has 2 aliphatic rings. The third-order valence-electron chi connectivity index (χ3n) is 5.61. The molecule has 112 valence electrons. The number of ether oxygens (including phenoxy) is 1. The Labute approximate surface area is 118 Å². The molecule has 2 N–H and O–H groups in total. The Morgan fingerprint density at radius 1 is 1.26 bits per heavy atom. The molecule has 0 aromatic rings. The summed E-state index contributed by atoms with van der Waals surface area (Å²) >= 11 is 0. The summed E-state index contributed by atoms with van der Waals surface area (Å²) in [4.78, 5) is 2.54. The lowest BCUT2D eigenvalue weighted by Crippen LogP contribution is -2.54. The molecule has 2 rings (SSSR count). The van der Waals surface area contributed by atoms with Gasteiger partial charge in [0.2, 0.25) is 0 Å². The second-order valence-electron chi connectivity index (χ2n) is 6.63. The predicted octanol–water partition coefficient (Wildman–Crippen LogP) is 2.79. The molecule has 0 spiro atoms. The van der Waals surface area contributed by atoms with Crippen LogP contribution in [-0.2, 0) is 4.74 Å². The van der Waals surface area contributed by atoms with Crippen LogP contribution in [0.3, 0.4) is 0 Å². The lowest BCUT2D eigenvalue weighted by molar-refractivity contribution is 0.0409. The van der Waals surface area contributed by atoms with Gasteiger partial charge >= 0.3 is 0 Å². The van der Waals surface area contributed by atoms with E-state index in [-0.39, 0.29) is 5.54 Å². The minimum Gasteiger partial charge on any atom is -0.378 e. The van der Waals surface area contributed by atoms with Crippen molar-refractivity contribution in [3.05, 3.63) is 0 Å². The molecule has 0 radical (unpaired) electrons. The number of hydrogen-bond acceptors (Lipinski definition) is 3. The first kappa shape index (κ1) is 15.3. The predicted molar refractivity (Wildman–Crippen MR) is 80.3 cm³/mol. The van der Waals surface area contributed by atoms with E-state index in [9.17, 15) is 0 Å². The van der Waals surface area contributed by atoms with E-state index < -0.39 is 0 Å². The van der Waals surface area contributed by atoms with Crippen molar-refractivity contribution in [1.29, 1.82) is 0 Å². The summed E-state index contributed by atoms with van der Waals surface area (Å²) in [7, 11) is 2.27. The Morgan fingerprint density at radius 3 is 2.53 bits per heavy atom. The fourth-order valence-corrected chi connectivity index (χ4v) is 3.81. The van der Waals surface area contributed by atoms with Crippen molar-refractivity contribution < 1.29 is 4.74 Å². The van der Waals surface area contributed by atoms with Gasteiger partial charge in [0.25, 0.3) is 0 Å². The number of hydrogen-bond donors (Lipinski definition) is 1. The standard InChI is InChI=1S/C16H32N2O/c1-3-14-6-9-16(13-17,10-7-14)18(2)11-8-15-5-4-12-19-15/h14-15H,3-13,17H2,1-2H3. The summed E-state index contributed by atoms with van der Waals surface area (Å²) in [6.45, 7) is 5.24. The normalized spacial score (nSPS) is 36.0. The molecule has 1 heterocycles. The van der Waals surface area contributed by atoms with E-state index in [1.54, 1.807) is 0 Å². The van der Waals surface area contributed by atoms with Gasteiger partial charge in [0.05, 0.1) is 6.10 Å². The molecule has 2 fully saturated rings. The highest BCUT2D eigenvalue weighted by atomic mass is 16.5. The van der Waals surface area contributed by atoms with Crippen molar-refractivity contribution in [3.63, 3.8) is 0 Å². The summed E-state index contributed by atoms with van der Waals surface area (Å²) < 4.78 is 5.73. The van der Waals surface area contributed by atoms with Crippen LogP contribution in [0.25, 0.3) is 0 Å². The average Bonchev–Trinajstić information content (AvgIpc) is 2.98. The summed E-state index contributed by atoms with van der Waals surface area (Å²) in [6, 6.07) is 0. The van der Waals surface area contributed by atoms with Crippen molar-refractivity contribution in [3.8, 4) is 0 Å². The maximum absolute atomic E-state index is 6.14. The van der Waals surface area contributed by atoms with Crippen LogP contribution in [0.1, 0.15) is 58.3 Å². The molecule has 0 aromatic heterocycles. The first-order chi connectivity index (χ1) is 9.20. The lowest BCUT2D eigenvalue weighted by atomic mass is 9.74. The number of likely N-dealkylation sites (N-methyl/N-ethyl adjacent to an activating group) is 1. The molecule has 19 heavy (non-hydrogen) atoms. The van der Waals surface area contributed by atoms with Crippen molar-refractivity contribution in [2.75, 3.05) is 26.7 Å². The summed E-state index contributed by atoms with van der Waals surface area (Å²) in [5, 5.41) is 0. The second-order valence-corrected chi connectivity index (χ2v) is 6.63. The van der Waals surface area contributed by atoms with Gasteiger partial charge in [-0.1, -0.05) is 13.3 Å². The van der Waals surface area contributed by atoms with Crippen molar-refractivity contribution in [1.82, 2.24) is 4.90 Å². The maximum atomic E-state index is 6.14. The smallest absolute Gasteiger partial charge is 0.0588 e. The van der Waals surface area contributed by atoms with Crippen molar-refractivity contribution >= 4 is 0 Å². The highest BCUT2D eigenvalue weighted by Gasteiger charge is 2.37. The lowest BCUT2D eigenvalue weighted by Gasteiger charge is -2.46. The molecule has 1 atom stereocenters. The molecule has 3 nitrogen and oxygen atoms in total. The van der Waals surface area contributed by atoms with Crippen LogP contribution in [0, 0.1) is 5.92 Å². The first-order valence-electron chi connectivity index (χ1n) is 8.23. The zero-order valence-electron chi connectivity index (χ0n) is 12.9. The van der Waals surface area contributed by atoms with Crippen LogP contribution in [-0.4, -0.2) is 43.3 Å². The average molecular weight is 268 g/mol. The van der Waals surface area contributed by atoms with E-state index in [0.29, 0.717) is 6.10 Å². The van der Waals surface area contributed by atoms with Gasteiger partial charge in [-0.25, -0.2) is 0 Å². The largest absolute Gasteiger partial charge is 0.378 e. The van der Waals surface area contributed by atoms with Crippen LogP contribution >= 0.6 is 0 Å². The van der Waals surface area contributed by atoms with Gasteiger partial charge in [-0.05, 0) is 57.9 Å². The van der Waals surface area contributed by atoms with E-state index in [2.05, 4.69) is 18.9 Å². The summed E-state index contributed by atoms with van der Waals surface area (Å²) in [5.41, 5.74) is 6.40. The van der Waals surface area contributed by atoms with E-state index in [1.807, 2.05) is 0 Å². The Hall–Kier alpha value is -0.120. The highest BCUT2D eigenvalue weighted by Crippen LogP contribution is 2.36. The molecule has 1 aliphatic heterocycles. The second kappa shape index (κ2) is 7.05. The third kappa shape index (κ3) is 3.71. The fourth-order valence-electron chi connectivity index (χ4n) is 3.81. The molecular formula is C16H32N2O. The Morgan fingerprint density at radius 2 is 2.00 bits per heavy atom. The van der Waals surface area contributed by atoms with E-state index in [4.69, 9.17) is 10.5 Å².